The minimum absolute atomic E-state index is 0.0580. The average Bonchev–Trinajstić information content (AvgIpc) is 3.02. The first kappa shape index (κ1) is 41.5. The van der Waals surface area contributed by atoms with Crippen molar-refractivity contribution >= 4 is 60.9 Å². The summed E-state index contributed by atoms with van der Waals surface area (Å²) in [5, 5.41) is 16.2. The predicted molar refractivity (Wildman–Crippen MR) is 211 cm³/mol. The Balaban J connectivity index is 1.42. The Kier molecular flexibility index (Phi) is 13.7. The van der Waals surface area contributed by atoms with Gasteiger partial charge in [0, 0.05) is 79.0 Å². The van der Waals surface area contributed by atoms with Gasteiger partial charge in [-0.1, -0.05) is 32.4 Å². The predicted octanol–water partition coefficient (Wildman–Crippen LogP) is 8.85. The van der Waals surface area contributed by atoms with Crippen LogP contribution in [0.1, 0.15) is 61.8 Å². The first-order valence-corrected chi connectivity index (χ1v) is 21.9. The van der Waals surface area contributed by atoms with Gasteiger partial charge >= 0.3 is 6.09 Å². The zero-order valence-corrected chi connectivity index (χ0v) is 34.5. The van der Waals surface area contributed by atoms with Gasteiger partial charge in [0.2, 0.25) is 5.91 Å². The van der Waals surface area contributed by atoms with E-state index in [0.29, 0.717) is 64.9 Å². The SMILES string of the molecule is CC1CN(CCC(=O)Nc2cc(Nc3cc(-c4cc(Cl)ccc4F)nnc3SCCO[Si](C)(C)C(C)(C)C)ccn2)CC(C)N1C(=O)OC(C)(C)C. The Morgan fingerprint density at radius 3 is 2.38 bits per heavy atom. The number of pyridine rings is 1. The lowest BCUT2D eigenvalue weighted by Gasteiger charge is -2.44. The fourth-order valence-corrected chi connectivity index (χ4v) is 7.63. The van der Waals surface area contributed by atoms with Gasteiger partial charge in [0.05, 0.1) is 11.4 Å². The number of rotatable bonds is 12. The number of hydrogen-bond acceptors (Lipinski definition) is 10. The molecule has 1 aromatic carbocycles. The van der Waals surface area contributed by atoms with E-state index in [-0.39, 0.29) is 41.1 Å². The van der Waals surface area contributed by atoms with Crippen molar-refractivity contribution in [1.82, 2.24) is 25.0 Å². The number of anilines is 3. The molecular weight excluding hydrogens is 721 g/mol. The minimum Gasteiger partial charge on any atom is -0.444 e. The fourth-order valence-electron chi connectivity index (χ4n) is 5.54. The van der Waals surface area contributed by atoms with Crippen LogP contribution in [0.2, 0.25) is 23.2 Å². The highest BCUT2D eigenvalue weighted by atomic mass is 35.5. The van der Waals surface area contributed by atoms with Crippen LogP contribution >= 0.6 is 23.4 Å². The van der Waals surface area contributed by atoms with Crippen LogP contribution in [0.4, 0.5) is 26.4 Å². The molecule has 4 rings (SSSR count). The number of carbonyl (C=O) groups excluding carboxylic acids is 2. The highest BCUT2D eigenvalue weighted by Gasteiger charge is 2.37. The molecule has 15 heteroatoms. The Bertz CT molecular complexity index is 1710. The number of ether oxygens (including phenoxy) is 1. The molecule has 52 heavy (non-hydrogen) atoms. The first-order valence-electron chi connectivity index (χ1n) is 17.6. The van der Waals surface area contributed by atoms with Crippen LogP contribution in [0.3, 0.4) is 0 Å². The molecule has 0 radical (unpaired) electrons. The molecule has 0 bridgehead atoms. The average molecular weight is 774 g/mol. The Hall–Kier alpha value is -3.30. The van der Waals surface area contributed by atoms with E-state index in [0.717, 1.165) is 0 Å². The Labute approximate surface area is 317 Å². The summed E-state index contributed by atoms with van der Waals surface area (Å²) in [6, 6.07) is 9.44. The number of piperazine rings is 1. The fraction of sp³-hybridized carbons (Fsp3) is 0.541. The number of hydrogen-bond donors (Lipinski definition) is 2. The van der Waals surface area contributed by atoms with E-state index in [2.05, 4.69) is 64.6 Å². The smallest absolute Gasteiger partial charge is 0.410 e. The highest BCUT2D eigenvalue weighted by Crippen LogP contribution is 2.37. The van der Waals surface area contributed by atoms with Crippen molar-refractivity contribution in [3.63, 3.8) is 0 Å². The van der Waals surface area contributed by atoms with Crippen molar-refractivity contribution in [2.24, 2.45) is 0 Å². The summed E-state index contributed by atoms with van der Waals surface area (Å²) in [4.78, 5) is 34.2. The van der Waals surface area contributed by atoms with Crippen LogP contribution in [-0.4, -0.2) is 95.0 Å². The number of aromatic nitrogens is 3. The summed E-state index contributed by atoms with van der Waals surface area (Å²) in [6.45, 7) is 23.0. The molecule has 1 aliphatic heterocycles. The van der Waals surface area contributed by atoms with Crippen molar-refractivity contribution in [3.05, 3.63) is 53.4 Å². The van der Waals surface area contributed by atoms with E-state index in [4.69, 9.17) is 20.8 Å². The van der Waals surface area contributed by atoms with Gasteiger partial charge in [0.25, 0.3) is 0 Å². The lowest BCUT2D eigenvalue weighted by atomic mass is 10.1. The third kappa shape index (κ3) is 11.6. The van der Waals surface area contributed by atoms with Crippen molar-refractivity contribution in [2.75, 3.05) is 42.6 Å². The third-order valence-corrected chi connectivity index (χ3v) is 14.8. The Morgan fingerprint density at radius 2 is 1.73 bits per heavy atom. The highest BCUT2D eigenvalue weighted by molar-refractivity contribution is 7.99. The molecular formula is C37H53ClFN7O4SSi. The van der Waals surface area contributed by atoms with Gasteiger partial charge in [-0.3, -0.25) is 9.69 Å². The number of thioether (sulfide) groups is 1. The molecule has 11 nitrogen and oxygen atoms in total. The number of nitrogens with zero attached hydrogens (tertiary/aromatic N) is 5. The molecule has 2 unspecified atom stereocenters. The molecule has 0 aliphatic carbocycles. The second-order valence-electron chi connectivity index (χ2n) is 15.7. The van der Waals surface area contributed by atoms with Crippen molar-refractivity contribution in [1.29, 1.82) is 0 Å². The topological polar surface area (TPSA) is 122 Å². The van der Waals surface area contributed by atoms with Crippen LogP contribution in [0.25, 0.3) is 11.3 Å². The van der Waals surface area contributed by atoms with E-state index in [1.54, 1.807) is 29.3 Å². The number of benzene rings is 1. The first-order chi connectivity index (χ1) is 24.2. The Morgan fingerprint density at radius 1 is 1.04 bits per heavy atom. The molecule has 2 atom stereocenters. The maximum Gasteiger partial charge on any atom is 0.410 e. The van der Waals surface area contributed by atoms with Crippen molar-refractivity contribution in [2.45, 2.75) is 103 Å². The van der Waals surface area contributed by atoms with Gasteiger partial charge in [-0.15, -0.1) is 22.0 Å². The van der Waals surface area contributed by atoms with Crippen molar-refractivity contribution in [3.8, 4) is 11.3 Å². The quantitative estimate of drug-likeness (QED) is 0.105. The summed E-state index contributed by atoms with van der Waals surface area (Å²) < 4.78 is 26.8. The van der Waals surface area contributed by atoms with E-state index >= 15 is 0 Å². The number of carbonyl (C=O) groups is 2. The summed E-state index contributed by atoms with van der Waals surface area (Å²) >= 11 is 7.68. The maximum atomic E-state index is 14.8. The standard InChI is InChI=1S/C37H53ClFN7O4SSi/c1-24-22-45(23-25(2)46(24)35(48)50-36(3,4)5)16-14-33(47)42-32-20-27(13-15-40-32)41-31-21-30(28-19-26(38)11-12-29(28)39)43-44-34(31)51-18-17-49-52(9,10)37(6,7)8/h11-13,15,19-21,24-25H,14,16-18,22-23H2,1-10H3,(H2,40,41,42,43,47). The monoisotopic (exact) mass is 773 g/mol. The molecule has 1 fully saturated rings. The molecule has 2 amide bonds. The minimum atomic E-state index is -1.92. The molecule has 2 N–H and O–H groups in total. The normalized spacial score (nSPS) is 17.2. The van der Waals surface area contributed by atoms with Crippen LogP contribution in [-0.2, 0) is 14.0 Å². The number of nitrogens with one attached hydrogen (secondary N) is 2. The summed E-state index contributed by atoms with van der Waals surface area (Å²) in [7, 11) is -1.92. The van der Waals surface area contributed by atoms with E-state index in [1.165, 1.54) is 30.0 Å². The number of amides is 2. The maximum absolute atomic E-state index is 14.8. The third-order valence-electron chi connectivity index (χ3n) is 9.12. The molecule has 3 aromatic rings. The van der Waals surface area contributed by atoms with Crippen molar-refractivity contribution < 1.29 is 23.1 Å². The summed E-state index contributed by atoms with van der Waals surface area (Å²) in [6.07, 6.45) is 1.54. The zero-order chi connectivity index (χ0) is 38.4. The van der Waals surface area contributed by atoms with E-state index < -0.39 is 19.7 Å². The lowest BCUT2D eigenvalue weighted by molar-refractivity contribution is -0.116. The van der Waals surface area contributed by atoms with Gasteiger partial charge in [-0.05, 0) is 83.1 Å². The molecule has 1 aliphatic rings. The molecule has 0 spiro atoms. The zero-order valence-electron chi connectivity index (χ0n) is 32.0. The molecule has 1 saturated heterocycles. The van der Waals surface area contributed by atoms with Crippen LogP contribution in [0.5, 0.6) is 0 Å². The van der Waals surface area contributed by atoms with Gasteiger partial charge in [0.15, 0.2) is 8.32 Å². The summed E-state index contributed by atoms with van der Waals surface area (Å²) in [5.41, 5.74) is 1.25. The largest absolute Gasteiger partial charge is 0.444 e. The van der Waals surface area contributed by atoms with Crippen LogP contribution in [0, 0.1) is 5.82 Å². The second-order valence-corrected chi connectivity index (χ2v) is 22.1. The van der Waals surface area contributed by atoms with Gasteiger partial charge in [-0.2, -0.15) is 0 Å². The van der Waals surface area contributed by atoms with E-state index in [9.17, 15) is 14.0 Å². The van der Waals surface area contributed by atoms with Crippen LogP contribution < -0.4 is 10.6 Å². The lowest BCUT2D eigenvalue weighted by Crippen LogP contribution is -2.59. The van der Waals surface area contributed by atoms with Gasteiger partial charge in [0.1, 0.15) is 22.3 Å². The second kappa shape index (κ2) is 17.2. The molecule has 2 aromatic heterocycles. The van der Waals surface area contributed by atoms with Gasteiger partial charge in [-0.25, -0.2) is 14.2 Å². The summed E-state index contributed by atoms with van der Waals surface area (Å²) in [5.74, 6) is 0.385. The van der Waals surface area contributed by atoms with Gasteiger partial charge < -0.3 is 24.7 Å². The molecule has 3 heterocycles. The van der Waals surface area contributed by atoms with E-state index in [1.807, 2.05) is 34.6 Å². The number of halogens is 2. The molecule has 284 valence electrons. The molecule has 0 saturated carbocycles. The van der Waals surface area contributed by atoms with Crippen LogP contribution in [0.15, 0.2) is 47.6 Å².